The zero-order valence-corrected chi connectivity index (χ0v) is 12.4. The van der Waals surface area contributed by atoms with E-state index in [9.17, 15) is 9.90 Å². The number of carbonyl (C=O) groups is 1. The zero-order chi connectivity index (χ0) is 14.6. The third-order valence-corrected chi connectivity index (χ3v) is 3.24. The molecule has 0 aromatic heterocycles. The molecule has 0 bridgehead atoms. The SMILES string of the molecule is CCN(CC(C)(C)C(=O)OC)c1cc(O)ccc1C. The van der Waals surface area contributed by atoms with Crippen molar-refractivity contribution in [3.8, 4) is 5.75 Å². The number of phenols is 1. The van der Waals surface area contributed by atoms with E-state index in [1.807, 2.05) is 33.8 Å². The highest BCUT2D eigenvalue weighted by Gasteiger charge is 2.31. The van der Waals surface area contributed by atoms with Crippen molar-refractivity contribution in [3.63, 3.8) is 0 Å². The average Bonchev–Trinajstić information content (AvgIpc) is 2.38. The summed E-state index contributed by atoms with van der Waals surface area (Å²) < 4.78 is 4.84. The summed E-state index contributed by atoms with van der Waals surface area (Å²) in [6.45, 7) is 9.03. The minimum absolute atomic E-state index is 0.231. The van der Waals surface area contributed by atoms with Gasteiger partial charge in [-0.3, -0.25) is 4.79 Å². The second-order valence-corrected chi connectivity index (χ2v) is 5.36. The van der Waals surface area contributed by atoms with Crippen LogP contribution in [0, 0.1) is 12.3 Å². The van der Waals surface area contributed by atoms with E-state index in [0.717, 1.165) is 17.8 Å². The van der Waals surface area contributed by atoms with E-state index >= 15 is 0 Å². The van der Waals surface area contributed by atoms with Gasteiger partial charge in [-0.2, -0.15) is 0 Å². The van der Waals surface area contributed by atoms with Gasteiger partial charge in [0, 0.05) is 24.8 Å². The first-order valence-corrected chi connectivity index (χ1v) is 6.44. The molecule has 0 saturated carbocycles. The molecule has 4 heteroatoms. The molecule has 0 atom stereocenters. The maximum atomic E-state index is 11.8. The highest BCUT2D eigenvalue weighted by molar-refractivity contribution is 5.77. The number of esters is 1. The Balaban J connectivity index is 3.01. The number of ether oxygens (including phenoxy) is 1. The molecule has 0 radical (unpaired) electrons. The predicted molar refractivity (Wildman–Crippen MR) is 76.5 cm³/mol. The Hall–Kier alpha value is -1.71. The Morgan fingerprint density at radius 3 is 2.58 bits per heavy atom. The van der Waals surface area contributed by atoms with Gasteiger partial charge in [0.25, 0.3) is 0 Å². The van der Waals surface area contributed by atoms with Crippen LogP contribution in [0.5, 0.6) is 5.75 Å². The Kier molecular flexibility index (Phi) is 4.81. The van der Waals surface area contributed by atoms with E-state index < -0.39 is 5.41 Å². The quantitative estimate of drug-likeness (QED) is 0.832. The van der Waals surface area contributed by atoms with Gasteiger partial charge in [-0.15, -0.1) is 0 Å². The van der Waals surface area contributed by atoms with Crippen molar-refractivity contribution in [2.75, 3.05) is 25.1 Å². The van der Waals surface area contributed by atoms with Crippen LogP contribution < -0.4 is 4.90 Å². The van der Waals surface area contributed by atoms with E-state index in [1.54, 1.807) is 12.1 Å². The van der Waals surface area contributed by atoms with Crippen molar-refractivity contribution in [2.24, 2.45) is 5.41 Å². The van der Waals surface area contributed by atoms with Crippen LogP contribution in [0.15, 0.2) is 18.2 Å². The van der Waals surface area contributed by atoms with Crippen LogP contribution in [0.3, 0.4) is 0 Å². The van der Waals surface area contributed by atoms with Crippen molar-refractivity contribution < 1.29 is 14.6 Å². The third-order valence-electron chi connectivity index (χ3n) is 3.24. The van der Waals surface area contributed by atoms with Crippen molar-refractivity contribution in [1.29, 1.82) is 0 Å². The summed E-state index contributed by atoms with van der Waals surface area (Å²) in [5.41, 5.74) is 1.42. The largest absolute Gasteiger partial charge is 0.508 e. The first kappa shape index (κ1) is 15.3. The molecule has 1 N–H and O–H groups in total. The van der Waals surface area contributed by atoms with E-state index in [2.05, 4.69) is 4.90 Å². The van der Waals surface area contributed by atoms with E-state index in [1.165, 1.54) is 7.11 Å². The lowest BCUT2D eigenvalue weighted by Gasteiger charge is -2.32. The highest BCUT2D eigenvalue weighted by Crippen LogP contribution is 2.28. The molecule has 0 saturated heterocycles. The summed E-state index contributed by atoms with van der Waals surface area (Å²) in [5.74, 6) is -0.00122. The number of hydrogen-bond acceptors (Lipinski definition) is 4. The Bertz CT molecular complexity index is 455. The molecule has 1 aromatic carbocycles. The minimum atomic E-state index is -0.595. The van der Waals surface area contributed by atoms with Crippen molar-refractivity contribution in [1.82, 2.24) is 0 Å². The van der Waals surface area contributed by atoms with Gasteiger partial charge in [0.2, 0.25) is 0 Å². The molecular formula is C15H23NO3. The van der Waals surface area contributed by atoms with E-state index in [0.29, 0.717) is 6.54 Å². The zero-order valence-electron chi connectivity index (χ0n) is 12.4. The number of anilines is 1. The Morgan fingerprint density at radius 2 is 2.05 bits per heavy atom. The molecule has 1 rings (SSSR count). The van der Waals surface area contributed by atoms with E-state index in [-0.39, 0.29) is 11.7 Å². The average molecular weight is 265 g/mol. The molecular weight excluding hydrogens is 242 g/mol. The minimum Gasteiger partial charge on any atom is -0.508 e. The number of aryl methyl sites for hydroxylation is 1. The summed E-state index contributed by atoms with van der Waals surface area (Å²) in [6, 6.07) is 5.27. The predicted octanol–water partition coefficient (Wildman–Crippen LogP) is 2.73. The fraction of sp³-hybridized carbons (Fsp3) is 0.533. The number of nitrogens with zero attached hydrogens (tertiary/aromatic N) is 1. The van der Waals surface area contributed by atoms with Gasteiger partial charge in [-0.1, -0.05) is 6.07 Å². The van der Waals surface area contributed by atoms with Crippen LogP contribution in [0.4, 0.5) is 5.69 Å². The highest BCUT2D eigenvalue weighted by atomic mass is 16.5. The van der Waals surface area contributed by atoms with Gasteiger partial charge < -0.3 is 14.7 Å². The second kappa shape index (κ2) is 5.95. The molecule has 106 valence electrons. The summed E-state index contributed by atoms with van der Waals surface area (Å²) >= 11 is 0. The normalized spacial score (nSPS) is 11.2. The van der Waals surface area contributed by atoms with Crippen LogP contribution >= 0.6 is 0 Å². The molecule has 0 amide bonds. The monoisotopic (exact) mass is 265 g/mol. The van der Waals surface area contributed by atoms with Gasteiger partial charge >= 0.3 is 5.97 Å². The lowest BCUT2D eigenvalue weighted by atomic mass is 9.92. The van der Waals surface area contributed by atoms with Gasteiger partial charge in [0.15, 0.2) is 0 Å². The van der Waals surface area contributed by atoms with Crippen molar-refractivity contribution in [3.05, 3.63) is 23.8 Å². The summed E-state index contributed by atoms with van der Waals surface area (Å²) in [5, 5.41) is 9.62. The Labute approximate surface area is 115 Å². The lowest BCUT2D eigenvalue weighted by molar-refractivity contribution is -0.150. The van der Waals surface area contributed by atoms with Gasteiger partial charge in [0.1, 0.15) is 5.75 Å². The molecule has 0 aliphatic carbocycles. The van der Waals surface area contributed by atoms with Gasteiger partial charge in [-0.05, 0) is 39.3 Å². The second-order valence-electron chi connectivity index (χ2n) is 5.36. The summed E-state index contributed by atoms with van der Waals surface area (Å²) in [6.07, 6.45) is 0. The van der Waals surface area contributed by atoms with Crippen LogP contribution in [-0.2, 0) is 9.53 Å². The smallest absolute Gasteiger partial charge is 0.313 e. The van der Waals surface area contributed by atoms with Crippen molar-refractivity contribution >= 4 is 11.7 Å². The number of carbonyl (C=O) groups excluding carboxylic acids is 1. The number of aromatic hydroxyl groups is 1. The van der Waals surface area contributed by atoms with Crippen LogP contribution in [0.25, 0.3) is 0 Å². The molecule has 0 aliphatic heterocycles. The van der Waals surface area contributed by atoms with E-state index in [4.69, 9.17) is 4.74 Å². The summed E-state index contributed by atoms with van der Waals surface area (Å²) in [7, 11) is 1.40. The first-order valence-electron chi connectivity index (χ1n) is 6.44. The third kappa shape index (κ3) is 3.63. The van der Waals surface area contributed by atoms with Crippen molar-refractivity contribution in [2.45, 2.75) is 27.7 Å². The van der Waals surface area contributed by atoms with Crippen LogP contribution in [0.2, 0.25) is 0 Å². The van der Waals surface area contributed by atoms with Gasteiger partial charge in [0.05, 0.1) is 12.5 Å². The molecule has 4 nitrogen and oxygen atoms in total. The number of hydrogen-bond donors (Lipinski definition) is 1. The molecule has 0 heterocycles. The molecule has 0 aliphatic rings. The molecule has 0 fully saturated rings. The molecule has 19 heavy (non-hydrogen) atoms. The first-order chi connectivity index (χ1) is 8.81. The van der Waals surface area contributed by atoms with Crippen LogP contribution in [-0.4, -0.2) is 31.3 Å². The number of rotatable bonds is 5. The standard InChI is InChI=1S/C15H23NO3/c1-6-16(10-15(3,4)14(18)19-5)13-9-12(17)8-7-11(13)2/h7-9,17H,6,10H2,1-5H3. The number of methoxy groups -OCH3 is 1. The molecule has 0 unspecified atom stereocenters. The fourth-order valence-electron chi connectivity index (χ4n) is 2.12. The maximum Gasteiger partial charge on any atom is 0.313 e. The van der Waals surface area contributed by atoms with Gasteiger partial charge in [-0.25, -0.2) is 0 Å². The van der Waals surface area contributed by atoms with Crippen LogP contribution in [0.1, 0.15) is 26.3 Å². The molecule has 1 aromatic rings. The fourth-order valence-corrected chi connectivity index (χ4v) is 2.12. The maximum absolute atomic E-state index is 11.8. The summed E-state index contributed by atoms with van der Waals surface area (Å²) in [4.78, 5) is 13.8. The lowest BCUT2D eigenvalue weighted by Crippen LogP contribution is -2.40. The molecule has 0 spiro atoms. The number of benzene rings is 1. The topological polar surface area (TPSA) is 49.8 Å². The Morgan fingerprint density at radius 1 is 1.42 bits per heavy atom. The number of phenolic OH excluding ortho intramolecular Hbond substituents is 1.